The van der Waals surface area contributed by atoms with Crippen LogP contribution in [0.5, 0.6) is 0 Å². The Morgan fingerprint density at radius 2 is 1.96 bits per heavy atom. The molecule has 8 nitrogen and oxygen atoms in total. The molecule has 0 saturated heterocycles. The molecule has 0 aliphatic heterocycles. The van der Waals surface area contributed by atoms with E-state index in [0.717, 1.165) is 14.4 Å². The molecule has 0 aliphatic rings. The number of aromatic nitrogens is 3. The van der Waals surface area contributed by atoms with Gasteiger partial charge in [-0.1, -0.05) is 0 Å². The second-order valence-electron chi connectivity index (χ2n) is 6.22. The van der Waals surface area contributed by atoms with E-state index >= 15 is 0 Å². The molecular formula is C17H15BrN4O4S. The van der Waals surface area contributed by atoms with Crippen LogP contribution in [0.4, 0.5) is 0 Å². The maximum absolute atomic E-state index is 12.3. The minimum absolute atomic E-state index is 0.0680. The normalized spacial score (nSPS) is 12.4. The van der Waals surface area contributed by atoms with Gasteiger partial charge in [-0.05, 0) is 40.2 Å². The van der Waals surface area contributed by atoms with E-state index < -0.39 is 15.8 Å². The summed E-state index contributed by atoms with van der Waals surface area (Å²) in [5.41, 5.74) is 2.17. The molecule has 3 aromatic heterocycles. The molecule has 0 atom stereocenters. The average molecular weight is 451 g/mol. The second kappa shape index (κ2) is 6.32. The first-order chi connectivity index (χ1) is 12.8. The maximum Gasteiger partial charge on any atom is 0.420 e. The van der Waals surface area contributed by atoms with Crippen LogP contribution >= 0.6 is 15.9 Å². The van der Waals surface area contributed by atoms with Gasteiger partial charge < -0.3 is 8.82 Å². The minimum Gasteiger partial charge on any atom is -0.408 e. The summed E-state index contributed by atoms with van der Waals surface area (Å²) in [5, 5.41) is 0. The van der Waals surface area contributed by atoms with Crippen molar-refractivity contribution in [3.63, 3.8) is 0 Å². The summed E-state index contributed by atoms with van der Waals surface area (Å²) >= 11 is 3.41. The quantitative estimate of drug-likeness (QED) is 0.475. The smallest absolute Gasteiger partial charge is 0.408 e. The van der Waals surface area contributed by atoms with E-state index in [0.29, 0.717) is 11.2 Å². The number of sulfonamides is 1. The van der Waals surface area contributed by atoms with Crippen LogP contribution in [0.2, 0.25) is 0 Å². The van der Waals surface area contributed by atoms with Crippen molar-refractivity contribution < 1.29 is 12.8 Å². The van der Waals surface area contributed by atoms with E-state index in [2.05, 4.69) is 20.9 Å². The van der Waals surface area contributed by atoms with Crippen molar-refractivity contribution in [2.75, 3.05) is 14.1 Å². The molecule has 0 radical (unpaired) electrons. The maximum atomic E-state index is 12.3. The third-order valence-electron chi connectivity index (χ3n) is 4.20. The summed E-state index contributed by atoms with van der Waals surface area (Å²) in [6.07, 6.45) is 3.71. The highest BCUT2D eigenvalue weighted by Crippen LogP contribution is 2.21. The van der Waals surface area contributed by atoms with Crippen LogP contribution in [0.1, 0.15) is 5.69 Å². The fourth-order valence-corrected chi connectivity index (χ4v) is 4.09. The molecule has 27 heavy (non-hydrogen) atoms. The first-order valence-electron chi connectivity index (χ1n) is 7.95. The molecule has 0 amide bonds. The molecule has 10 heteroatoms. The van der Waals surface area contributed by atoms with Crippen LogP contribution in [0.15, 0.2) is 61.3 Å². The number of imidazole rings is 1. The van der Waals surface area contributed by atoms with Gasteiger partial charge in [-0.3, -0.25) is 4.57 Å². The lowest BCUT2D eigenvalue weighted by molar-refractivity contribution is 0.512. The van der Waals surface area contributed by atoms with Crippen molar-refractivity contribution in [3.05, 3.63) is 63.4 Å². The molecular weight excluding hydrogens is 436 g/mol. The first kappa shape index (κ1) is 18.0. The van der Waals surface area contributed by atoms with Gasteiger partial charge >= 0.3 is 5.76 Å². The van der Waals surface area contributed by atoms with Crippen LogP contribution in [-0.4, -0.2) is 40.8 Å². The number of halogens is 1. The third-order valence-corrected chi connectivity index (χ3v) is 6.48. The average Bonchev–Trinajstić information content (AvgIpc) is 3.14. The summed E-state index contributed by atoms with van der Waals surface area (Å²) < 4.78 is 35.1. The molecule has 0 bridgehead atoms. The van der Waals surface area contributed by atoms with Crippen LogP contribution < -0.4 is 5.76 Å². The lowest BCUT2D eigenvalue weighted by Gasteiger charge is -2.10. The number of hydrogen-bond acceptors (Lipinski definition) is 5. The number of nitrogens with zero attached hydrogens (tertiary/aromatic N) is 4. The van der Waals surface area contributed by atoms with E-state index in [9.17, 15) is 13.2 Å². The van der Waals surface area contributed by atoms with E-state index in [1.807, 2.05) is 28.9 Å². The zero-order valence-corrected chi connectivity index (χ0v) is 16.9. The van der Waals surface area contributed by atoms with Gasteiger partial charge in [0, 0.05) is 37.0 Å². The molecule has 1 aromatic carbocycles. The summed E-state index contributed by atoms with van der Waals surface area (Å²) in [5.74, 6) is -0.567. The van der Waals surface area contributed by atoms with E-state index in [4.69, 9.17) is 4.42 Å². The van der Waals surface area contributed by atoms with Crippen molar-refractivity contribution in [1.29, 1.82) is 0 Å². The number of hydrogen-bond donors (Lipinski definition) is 0. The predicted molar refractivity (Wildman–Crippen MR) is 103 cm³/mol. The number of rotatable bonds is 4. The monoisotopic (exact) mass is 450 g/mol. The van der Waals surface area contributed by atoms with Crippen molar-refractivity contribution >= 4 is 42.7 Å². The Kier molecular flexibility index (Phi) is 4.21. The topological polar surface area (TPSA) is 89.8 Å². The molecule has 4 rings (SSSR count). The Balaban J connectivity index is 1.77. The van der Waals surface area contributed by atoms with Gasteiger partial charge in [0.25, 0.3) is 0 Å². The van der Waals surface area contributed by atoms with Gasteiger partial charge in [-0.25, -0.2) is 22.5 Å². The molecule has 0 unspecified atom stereocenters. The Morgan fingerprint density at radius 1 is 1.19 bits per heavy atom. The van der Waals surface area contributed by atoms with Crippen molar-refractivity contribution in [2.45, 2.75) is 11.4 Å². The summed E-state index contributed by atoms with van der Waals surface area (Å²) in [6, 6.07) is 8.15. The van der Waals surface area contributed by atoms with Gasteiger partial charge in [0.05, 0.1) is 22.7 Å². The van der Waals surface area contributed by atoms with Gasteiger partial charge in [0.15, 0.2) is 5.58 Å². The molecule has 3 heterocycles. The summed E-state index contributed by atoms with van der Waals surface area (Å²) in [7, 11) is -0.716. The standard InChI is InChI=1S/C17H15BrN4O4S/c1-20(2)27(24,25)13-4-5-14-15(7-13)26-17(23)22(14)10-12-9-21-8-11(18)3-6-16(21)19-12/h3-9H,10H2,1-2H3. The summed E-state index contributed by atoms with van der Waals surface area (Å²) in [6.45, 7) is 0.213. The number of oxazole rings is 1. The Morgan fingerprint density at radius 3 is 2.70 bits per heavy atom. The largest absolute Gasteiger partial charge is 0.420 e. The van der Waals surface area contributed by atoms with Gasteiger partial charge in [-0.2, -0.15) is 0 Å². The molecule has 0 saturated carbocycles. The highest BCUT2D eigenvalue weighted by molar-refractivity contribution is 9.10. The lowest BCUT2D eigenvalue weighted by Crippen LogP contribution is -2.22. The molecule has 0 fully saturated rings. The highest BCUT2D eigenvalue weighted by Gasteiger charge is 2.20. The summed E-state index contributed by atoms with van der Waals surface area (Å²) in [4.78, 5) is 16.9. The van der Waals surface area contributed by atoms with Crippen molar-refractivity contribution in [3.8, 4) is 0 Å². The Labute approximate surface area is 162 Å². The molecule has 140 valence electrons. The zero-order chi connectivity index (χ0) is 19.3. The van der Waals surface area contributed by atoms with Crippen LogP contribution in [-0.2, 0) is 16.6 Å². The molecule has 0 aliphatic carbocycles. The SMILES string of the molecule is CN(C)S(=O)(=O)c1ccc2c(c1)oc(=O)n2Cc1cn2cc(Br)ccc2n1. The van der Waals surface area contributed by atoms with Gasteiger partial charge in [0.2, 0.25) is 10.0 Å². The minimum atomic E-state index is -3.61. The lowest BCUT2D eigenvalue weighted by atomic mass is 10.3. The predicted octanol–water partition coefficient (Wildman–Crippen LogP) is 2.30. The van der Waals surface area contributed by atoms with E-state index in [-0.39, 0.29) is 17.0 Å². The fraction of sp³-hybridized carbons (Fsp3) is 0.176. The van der Waals surface area contributed by atoms with Crippen LogP contribution in [0, 0.1) is 0 Å². The van der Waals surface area contributed by atoms with Crippen LogP contribution in [0.3, 0.4) is 0 Å². The molecule has 4 aromatic rings. The van der Waals surface area contributed by atoms with E-state index in [1.165, 1.54) is 30.8 Å². The molecule has 0 spiro atoms. The number of benzene rings is 1. The fourth-order valence-electron chi connectivity index (χ4n) is 2.82. The Bertz CT molecular complexity index is 1330. The number of fused-ring (bicyclic) bond motifs is 2. The first-order valence-corrected chi connectivity index (χ1v) is 10.2. The van der Waals surface area contributed by atoms with Crippen LogP contribution in [0.25, 0.3) is 16.7 Å². The van der Waals surface area contributed by atoms with Crippen molar-refractivity contribution in [2.24, 2.45) is 0 Å². The zero-order valence-electron chi connectivity index (χ0n) is 14.5. The van der Waals surface area contributed by atoms with Gasteiger partial charge in [-0.15, -0.1) is 0 Å². The van der Waals surface area contributed by atoms with Gasteiger partial charge in [0.1, 0.15) is 5.65 Å². The highest BCUT2D eigenvalue weighted by atomic mass is 79.9. The van der Waals surface area contributed by atoms with E-state index in [1.54, 1.807) is 6.07 Å². The Hall–Kier alpha value is -2.43. The molecule has 0 N–H and O–H groups in total. The van der Waals surface area contributed by atoms with Crippen molar-refractivity contribution in [1.82, 2.24) is 18.3 Å². The second-order valence-corrected chi connectivity index (χ2v) is 9.28. The third kappa shape index (κ3) is 3.09. The number of pyridine rings is 1.